The number of hydrogen-bond acceptors (Lipinski definition) is 5. The summed E-state index contributed by atoms with van der Waals surface area (Å²) in [6, 6.07) is 0. The first-order valence-corrected chi connectivity index (χ1v) is 7.81. The highest BCUT2D eigenvalue weighted by atomic mass is 35.5. The molecule has 0 aromatic carbocycles. The van der Waals surface area contributed by atoms with E-state index in [9.17, 15) is 13.6 Å². The summed E-state index contributed by atoms with van der Waals surface area (Å²) in [5, 5.41) is 20.0. The number of amides is 1. The van der Waals surface area contributed by atoms with Gasteiger partial charge in [-0.25, -0.2) is 13.6 Å². The average Bonchev–Trinajstić information content (AvgIpc) is 3.06. The van der Waals surface area contributed by atoms with E-state index in [-0.39, 0.29) is 44.4 Å². The minimum absolute atomic E-state index is 0. The molecular formula is C15H30Cl2F2N2O4. The summed E-state index contributed by atoms with van der Waals surface area (Å²) in [6.45, 7) is 5.60. The molecule has 6 nitrogen and oxygen atoms in total. The number of likely N-dealkylation sites (tertiary alicyclic amines) is 1. The number of halogens is 4. The van der Waals surface area contributed by atoms with Gasteiger partial charge in [0.15, 0.2) is 5.67 Å². The summed E-state index contributed by atoms with van der Waals surface area (Å²) in [5.74, 6) is 0. The standard InChI is InChI=1S/C10H18FNO3.C5H10FNO.2ClH/c1-9(2,3)15-8(14)12-5-4-10(11,6-12)7-13;6-5(4-8)1-2-7-3-5;;/h13H,4-7H2,1-3H3;7-8H,1-4H2;2*1H/t10-;5-;;/m00../s1. The fourth-order valence-electron chi connectivity index (χ4n) is 2.30. The molecule has 152 valence electrons. The van der Waals surface area contributed by atoms with E-state index >= 15 is 0 Å². The van der Waals surface area contributed by atoms with Crippen molar-refractivity contribution in [2.24, 2.45) is 0 Å². The Morgan fingerprint density at radius 3 is 2.04 bits per heavy atom. The predicted molar refractivity (Wildman–Crippen MR) is 96.3 cm³/mol. The van der Waals surface area contributed by atoms with Crippen LogP contribution in [0.1, 0.15) is 33.6 Å². The van der Waals surface area contributed by atoms with Gasteiger partial charge in [0.2, 0.25) is 0 Å². The number of ether oxygens (including phenoxy) is 1. The molecule has 1 amide bonds. The van der Waals surface area contributed by atoms with Crippen LogP contribution < -0.4 is 5.32 Å². The molecule has 2 aliphatic rings. The third kappa shape index (κ3) is 9.19. The van der Waals surface area contributed by atoms with E-state index < -0.39 is 29.6 Å². The number of carbonyl (C=O) groups is 1. The Morgan fingerprint density at radius 1 is 1.16 bits per heavy atom. The quantitative estimate of drug-likeness (QED) is 0.646. The van der Waals surface area contributed by atoms with E-state index in [4.69, 9.17) is 14.9 Å². The molecule has 0 radical (unpaired) electrons. The van der Waals surface area contributed by atoms with Crippen LogP contribution in [0.3, 0.4) is 0 Å². The Bertz CT molecular complexity index is 407. The third-order valence-electron chi connectivity index (χ3n) is 3.71. The lowest BCUT2D eigenvalue weighted by Crippen LogP contribution is -2.38. The van der Waals surface area contributed by atoms with E-state index in [0.29, 0.717) is 26.1 Å². The molecule has 2 aliphatic heterocycles. The molecule has 10 heteroatoms. The molecule has 3 N–H and O–H groups in total. The van der Waals surface area contributed by atoms with Crippen LogP contribution in [0.5, 0.6) is 0 Å². The molecule has 2 atom stereocenters. The summed E-state index contributed by atoms with van der Waals surface area (Å²) in [7, 11) is 0. The molecule has 0 saturated carbocycles. The molecule has 25 heavy (non-hydrogen) atoms. The number of carbonyl (C=O) groups excluding carboxylic acids is 1. The highest BCUT2D eigenvalue weighted by Crippen LogP contribution is 2.26. The second kappa shape index (κ2) is 10.7. The van der Waals surface area contributed by atoms with Gasteiger partial charge < -0.3 is 25.2 Å². The summed E-state index contributed by atoms with van der Waals surface area (Å²) in [6.07, 6.45) is 0.0992. The first-order valence-electron chi connectivity index (χ1n) is 7.81. The maximum Gasteiger partial charge on any atom is 0.410 e. The smallest absolute Gasteiger partial charge is 0.410 e. The van der Waals surface area contributed by atoms with E-state index in [1.807, 2.05) is 0 Å². The zero-order valence-electron chi connectivity index (χ0n) is 14.9. The highest BCUT2D eigenvalue weighted by molar-refractivity contribution is 5.85. The monoisotopic (exact) mass is 410 g/mol. The molecule has 0 bridgehead atoms. The zero-order chi connectivity index (χ0) is 17.7. The first kappa shape index (κ1) is 26.8. The van der Waals surface area contributed by atoms with E-state index in [2.05, 4.69) is 5.32 Å². The van der Waals surface area contributed by atoms with Crippen molar-refractivity contribution in [2.45, 2.75) is 50.6 Å². The number of alkyl halides is 2. The highest BCUT2D eigenvalue weighted by Gasteiger charge is 2.41. The fourth-order valence-corrected chi connectivity index (χ4v) is 2.30. The van der Waals surface area contributed by atoms with Crippen molar-refractivity contribution in [3.8, 4) is 0 Å². The normalized spacial score (nSPS) is 28.4. The van der Waals surface area contributed by atoms with Gasteiger partial charge in [-0.2, -0.15) is 0 Å². The summed E-state index contributed by atoms with van der Waals surface area (Å²) >= 11 is 0. The molecular weight excluding hydrogens is 381 g/mol. The largest absolute Gasteiger partial charge is 0.444 e. The van der Waals surface area contributed by atoms with Crippen molar-refractivity contribution >= 4 is 30.9 Å². The van der Waals surface area contributed by atoms with Crippen LogP contribution in [0.2, 0.25) is 0 Å². The van der Waals surface area contributed by atoms with Gasteiger partial charge in [-0.15, -0.1) is 24.8 Å². The van der Waals surface area contributed by atoms with Gasteiger partial charge >= 0.3 is 6.09 Å². The van der Waals surface area contributed by atoms with E-state index in [0.717, 1.165) is 0 Å². The number of aliphatic hydroxyl groups excluding tert-OH is 2. The van der Waals surface area contributed by atoms with Crippen LogP contribution >= 0.6 is 24.8 Å². The minimum atomic E-state index is -1.66. The summed E-state index contributed by atoms with van der Waals surface area (Å²) in [4.78, 5) is 12.8. The van der Waals surface area contributed by atoms with Crippen molar-refractivity contribution < 1.29 is 28.5 Å². The zero-order valence-corrected chi connectivity index (χ0v) is 16.5. The number of rotatable bonds is 2. The molecule has 2 fully saturated rings. The fraction of sp³-hybridized carbons (Fsp3) is 0.933. The molecule has 0 aromatic rings. The maximum absolute atomic E-state index is 13.6. The van der Waals surface area contributed by atoms with Gasteiger partial charge in [0.25, 0.3) is 0 Å². The van der Waals surface area contributed by atoms with E-state index in [1.165, 1.54) is 4.90 Å². The van der Waals surface area contributed by atoms with Gasteiger partial charge in [0.05, 0.1) is 19.8 Å². The van der Waals surface area contributed by atoms with Crippen molar-refractivity contribution in [1.82, 2.24) is 10.2 Å². The first-order chi connectivity index (χ1) is 10.5. The minimum Gasteiger partial charge on any atom is -0.444 e. The van der Waals surface area contributed by atoms with Crippen LogP contribution in [-0.4, -0.2) is 77.5 Å². The van der Waals surface area contributed by atoms with Gasteiger partial charge in [0, 0.05) is 19.5 Å². The van der Waals surface area contributed by atoms with Crippen molar-refractivity contribution in [2.75, 3.05) is 39.4 Å². The van der Waals surface area contributed by atoms with Gasteiger partial charge in [-0.1, -0.05) is 0 Å². The van der Waals surface area contributed by atoms with Gasteiger partial charge in [-0.05, 0) is 33.7 Å². The molecule has 2 saturated heterocycles. The summed E-state index contributed by atoms with van der Waals surface area (Å²) < 4.78 is 31.4. The van der Waals surface area contributed by atoms with Gasteiger partial charge in [0.1, 0.15) is 11.3 Å². The Hall–Kier alpha value is -0.410. The molecule has 2 heterocycles. The number of nitrogens with zero attached hydrogens (tertiary/aromatic N) is 1. The lowest BCUT2D eigenvalue weighted by molar-refractivity contribution is 0.0219. The summed E-state index contributed by atoms with van der Waals surface area (Å²) in [5.41, 5.74) is -3.55. The van der Waals surface area contributed by atoms with Crippen LogP contribution in [0.25, 0.3) is 0 Å². The average molecular weight is 411 g/mol. The number of nitrogens with one attached hydrogen (secondary N) is 1. The third-order valence-corrected chi connectivity index (χ3v) is 3.71. The molecule has 0 spiro atoms. The second-order valence-corrected chi connectivity index (χ2v) is 7.20. The lowest BCUT2D eigenvalue weighted by atomic mass is 10.1. The SMILES string of the molecule is CC(C)(C)OC(=O)N1CC[C@@](F)(CO)C1.Cl.Cl.OC[C@]1(F)CCNC1. The van der Waals surface area contributed by atoms with Crippen LogP contribution in [-0.2, 0) is 4.74 Å². The predicted octanol–water partition coefficient (Wildman–Crippen LogP) is 1.85. The number of aliphatic hydroxyl groups is 2. The number of hydrogen-bond donors (Lipinski definition) is 3. The Balaban J connectivity index is 0. The molecule has 0 unspecified atom stereocenters. The lowest BCUT2D eigenvalue weighted by Gasteiger charge is -2.24. The Kier molecular flexibility index (Phi) is 11.4. The van der Waals surface area contributed by atoms with Crippen LogP contribution in [0, 0.1) is 0 Å². The van der Waals surface area contributed by atoms with Crippen molar-refractivity contribution in [3.05, 3.63) is 0 Å². The van der Waals surface area contributed by atoms with Crippen molar-refractivity contribution in [1.29, 1.82) is 0 Å². The maximum atomic E-state index is 13.6. The Labute approximate surface area is 160 Å². The second-order valence-electron chi connectivity index (χ2n) is 7.20. The molecule has 0 aromatic heterocycles. The van der Waals surface area contributed by atoms with E-state index in [1.54, 1.807) is 20.8 Å². The van der Waals surface area contributed by atoms with Crippen molar-refractivity contribution in [3.63, 3.8) is 0 Å². The molecule has 2 rings (SSSR count). The topological polar surface area (TPSA) is 82.0 Å². The van der Waals surface area contributed by atoms with Crippen LogP contribution in [0.15, 0.2) is 0 Å². The Morgan fingerprint density at radius 2 is 1.72 bits per heavy atom. The van der Waals surface area contributed by atoms with Crippen LogP contribution in [0.4, 0.5) is 13.6 Å². The molecule has 0 aliphatic carbocycles. The van der Waals surface area contributed by atoms with Gasteiger partial charge in [-0.3, -0.25) is 0 Å².